The van der Waals surface area contributed by atoms with E-state index in [2.05, 4.69) is 15.6 Å². The van der Waals surface area contributed by atoms with Gasteiger partial charge in [-0.1, -0.05) is 12.1 Å². The molecule has 4 aromatic rings. The summed E-state index contributed by atoms with van der Waals surface area (Å²) >= 11 is 0. The summed E-state index contributed by atoms with van der Waals surface area (Å²) < 4.78 is 16.5. The molecule has 0 atom stereocenters. The Hall–Kier alpha value is -4.00. The van der Waals surface area contributed by atoms with Crippen LogP contribution in [0.2, 0.25) is 0 Å². The summed E-state index contributed by atoms with van der Waals surface area (Å²) in [6.07, 6.45) is 0. The largest absolute Gasteiger partial charge is 0.497 e. The van der Waals surface area contributed by atoms with E-state index in [0.29, 0.717) is 30.7 Å². The van der Waals surface area contributed by atoms with Crippen LogP contribution in [-0.4, -0.2) is 30.3 Å². The van der Waals surface area contributed by atoms with E-state index in [-0.39, 0.29) is 0 Å². The van der Waals surface area contributed by atoms with Crippen LogP contribution < -0.4 is 24.8 Å². The van der Waals surface area contributed by atoms with Crippen LogP contribution in [0.1, 0.15) is 0 Å². The maximum Gasteiger partial charge on any atom is 0.229 e. The van der Waals surface area contributed by atoms with Crippen molar-refractivity contribution >= 4 is 34.0 Å². The number of nitrogens with zero attached hydrogens (tertiary/aromatic N) is 2. The molecule has 0 aliphatic carbocycles. The highest BCUT2D eigenvalue weighted by Gasteiger charge is 2.13. The average Bonchev–Trinajstić information content (AvgIpc) is 2.79. The average molecular weight is 400 g/mol. The summed E-state index contributed by atoms with van der Waals surface area (Å²) in [6, 6.07) is 21.3. The van der Waals surface area contributed by atoms with Crippen molar-refractivity contribution in [3.05, 3.63) is 66.7 Å². The Morgan fingerprint density at radius 2 is 1.57 bits per heavy atom. The number of ether oxygens (including phenoxy) is 3. The summed E-state index contributed by atoms with van der Waals surface area (Å²) in [5.74, 6) is 3.46. The number of hydrogen-bond acceptors (Lipinski definition) is 7. The molecule has 1 aliphatic heterocycles. The van der Waals surface area contributed by atoms with Crippen molar-refractivity contribution in [3.8, 4) is 17.2 Å². The molecule has 0 spiro atoms. The van der Waals surface area contributed by atoms with Gasteiger partial charge in [-0.15, -0.1) is 0 Å². The molecule has 0 unspecified atom stereocenters. The number of para-hydroxylation sites is 1. The van der Waals surface area contributed by atoms with Gasteiger partial charge in [0.2, 0.25) is 5.95 Å². The molecule has 0 radical (unpaired) electrons. The number of rotatable bonds is 5. The molecule has 7 nitrogen and oxygen atoms in total. The van der Waals surface area contributed by atoms with Gasteiger partial charge in [0, 0.05) is 22.8 Å². The summed E-state index contributed by atoms with van der Waals surface area (Å²) in [7, 11) is 1.65. The fourth-order valence-electron chi connectivity index (χ4n) is 3.29. The number of methoxy groups -OCH3 is 1. The normalized spacial score (nSPS) is 12.4. The molecular weight excluding hydrogens is 380 g/mol. The zero-order valence-electron chi connectivity index (χ0n) is 16.4. The SMILES string of the molecule is COc1ccc(Nc2nc(Nc3ccc4c(c3)OCCO4)nc3ccccc23)cc1. The van der Waals surface area contributed by atoms with Crippen molar-refractivity contribution in [1.82, 2.24) is 9.97 Å². The van der Waals surface area contributed by atoms with Crippen LogP contribution in [-0.2, 0) is 0 Å². The second-order valence-electron chi connectivity index (χ2n) is 6.75. The molecule has 1 aliphatic rings. The van der Waals surface area contributed by atoms with Gasteiger partial charge in [0.25, 0.3) is 0 Å². The van der Waals surface area contributed by atoms with Gasteiger partial charge in [0.15, 0.2) is 11.5 Å². The number of anilines is 4. The second-order valence-corrected chi connectivity index (χ2v) is 6.75. The topological polar surface area (TPSA) is 77.5 Å². The molecule has 7 heteroatoms. The van der Waals surface area contributed by atoms with Crippen molar-refractivity contribution in [1.29, 1.82) is 0 Å². The van der Waals surface area contributed by atoms with Crippen LogP contribution in [0, 0.1) is 0 Å². The molecule has 0 bridgehead atoms. The Labute approximate surface area is 173 Å². The number of fused-ring (bicyclic) bond motifs is 2. The highest BCUT2D eigenvalue weighted by atomic mass is 16.6. The van der Waals surface area contributed by atoms with Crippen LogP contribution in [0.25, 0.3) is 10.9 Å². The van der Waals surface area contributed by atoms with Gasteiger partial charge < -0.3 is 24.8 Å². The van der Waals surface area contributed by atoms with E-state index in [1.54, 1.807) is 7.11 Å². The molecule has 0 fully saturated rings. The van der Waals surface area contributed by atoms with Crippen molar-refractivity contribution in [2.45, 2.75) is 0 Å². The monoisotopic (exact) mass is 400 g/mol. The van der Waals surface area contributed by atoms with Crippen LogP contribution in [0.5, 0.6) is 17.2 Å². The maximum absolute atomic E-state index is 5.67. The minimum Gasteiger partial charge on any atom is -0.497 e. The first-order valence-corrected chi connectivity index (χ1v) is 9.63. The van der Waals surface area contributed by atoms with E-state index < -0.39 is 0 Å². The maximum atomic E-state index is 5.67. The number of aromatic nitrogens is 2. The molecule has 3 aromatic carbocycles. The molecule has 0 saturated carbocycles. The van der Waals surface area contributed by atoms with E-state index in [1.165, 1.54) is 0 Å². The van der Waals surface area contributed by atoms with Gasteiger partial charge in [0.05, 0.1) is 12.6 Å². The van der Waals surface area contributed by atoms with Crippen LogP contribution in [0.15, 0.2) is 66.7 Å². The summed E-state index contributed by atoms with van der Waals surface area (Å²) in [5.41, 5.74) is 2.57. The minimum absolute atomic E-state index is 0.487. The lowest BCUT2D eigenvalue weighted by Crippen LogP contribution is -2.15. The highest BCUT2D eigenvalue weighted by Crippen LogP contribution is 2.34. The molecule has 0 amide bonds. The third-order valence-electron chi connectivity index (χ3n) is 4.75. The fraction of sp³-hybridized carbons (Fsp3) is 0.130. The smallest absolute Gasteiger partial charge is 0.229 e. The lowest BCUT2D eigenvalue weighted by Gasteiger charge is -2.19. The zero-order chi connectivity index (χ0) is 20.3. The van der Waals surface area contributed by atoms with Crippen molar-refractivity contribution in [3.63, 3.8) is 0 Å². The highest BCUT2D eigenvalue weighted by molar-refractivity contribution is 5.92. The summed E-state index contributed by atoms with van der Waals surface area (Å²) in [6.45, 7) is 1.10. The second kappa shape index (κ2) is 7.79. The molecule has 30 heavy (non-hydrogen) atoms. The van der Waals surface area contributed by atoms with E-state index in [4.69, 9.17) is 19.2 Å². The molecule has 5 rings (SSSR count). The zero-order valence-corrected chi connectivity index (χ0v) is 16.4. The molecule has 2 heterocycles. The number of nitrogens with one attached hydrogen (secondary N) is 2. The third kappa shape index (κ3) is 3.65. The van der Waals surface area contributed by atoms with Crippen LogP contribution in [0.3, 0.4) is 0 Å². The van der Waals surface area contributed by atoms with Gasteiger partial charge >= 0.3 is 0 Å². The van der Waals surface area contributed by atoms with E-state index in [9.17, 15) is 0 Å². The first-order valence-electron chi connectivity index (χ1n) is 9.63. The van der Waals surface area contributed by atoms with E-state index >= 15 is 0 Å². The Bertz CT molecular complexity index is 1190. The first-order chi connectivity index (χ1) is 14.8. The Morgan fingerprint density at radius 1 is 0.800 bits per heavy atom. The quantitative estimate of drug-likeness (QED) is 0.493. The molecule has 2 N–H and O–H groups in total. The van der Waals surface area contributed by atoms with Gasteiger partial charge in [-0.2, -0.15) is 4.98 Å². The summed E-state index contributed by atoms with van der Waals surface area (Å²) in [4.78, 5) is 9.37. The lowest BCUT2D eigenvalue weighted by molar-refractivity contribution is 0.171. The Balaban J connectivity index is 1.48. The van der Waals surface area contributed by atoms with Gasteiger partial charge in [-0.05, 0) is 48.5 Å². The Morgan fingerprint density at radius 3 is 2.40 bits per heavy atom. The van der Waals surface area contributed by atoms with Crippen molar-refractivity contribution in [2.75, 3.05) is 31.0 Å². The molecular formula is C23H20N4O3. The predicted molar refractivity (Wildman–Crippen MR) is 117 cm³/mol. The van der Waals surface area contributed by atoms with Gasteiger partial charge in [-0.25, -0.2) is 4.98 Å². The van der Waals surface area contributed by atoms with E-state index in [1.807, 2.05) is 66.7 Å². The van der Waals surface area contributed by atoms with Gasteiger partial charge in [0.1, 0.15) is 24.8 Å². The van der Waals surface area contributed by atoms with Gasteiger partial charge in [-0.3, -0.25) is 0 Å². The van der Waals surface area contributed by atoms with Crippen LogP contribution in [0.4, 0.5) is 23.1 Å². The van der Waals surface area contributed by atoms with E-state index in [0.717, 1.165) is 33.8 Å². The summed E-state index contributed by atoms with van der Waals surface area (Å²) in [5, 5.41) is 7.59. The number of benzene rings is 3. The third-order valence-corrected chi connectivity index (χ3v) is 4.75. The predicted octanol–water partition coefficient (Wildman–Crippen LogP) is 4.90. The lowest BCUT2D eigenvalue weighted by atomic mass is 10.2. The first kappa shape index (κ1) is 18.1. The minimum atomic E-state index is 0.487. The molecule has 0 saturated heterocycles. The van der Waals surface area contributed by atoms with Crippen molar-refractivity contribution in [2.24, 2.45) is 0 Å². The number of hydrogen-bond donors (Lipinski definition) is 2. The standard InChI is InChI=1S/C23H20N4O3/c1-28-17-9-6-15(7-10-17)24-22-18-4-2-3-5-19(18)26-23(27-22)25-16-8-11-20-21(14-16)30-13-12-29-20/h2-11,14H,12-13H2,1H3,(H2,24,25,26,27). The molecule has 1 aromatic heterocycles. The molecule has 150 valence electrons. The fourth-order valence-corrected chi connectivity index (χ4v) is 3.29. The van der Waals surface area contributed by atoms with Crippen molar-refractivity contribution < 1.29 is 14.2 Å². The Kier molecular flexibility index (Phi) is 4.69. The van der Waals surface area contributed by atoms with Crippen LogP contribution >= 0.6 is 0 Å².